The van der Waals surface area contributed by atoms with E-state index >= 15 is 0 Å². The van der Waals surface area contributed by atoms with Gasteiger partial charge in [-0.25, -0.2) is 4.79 Å². The molecule has 1 heterocycles. The summed E-state index contributed by atoms with van der Waals surface area (Å²) in [4.78, 5) is 28.2. The Morgan fingerprint density at radius 1 is 0.962 bits per heavy atom. The quantitative estimate of drug-likeness (QED) is 0.853. The van der Waals surface area contributed by atoms with Crippen LogP contribution in [0.25, 0.3) is 0 Å². The molecule has 0 aliphatic carbocycles. The summed E-state index contributed by atoms with van der Waals surface area (Å²) in [5.41, 5.74) is 2.55. The van der Waals surface area contributed by atoms with Gasteiger partial charge in [0.05, 0.1) is 0 Å². The van der Waals surface area contributed by atoms with Gasteiger partial charge < -0.3 is 10.2 Å². The van der Waals surface area contributed by atoms with E-state index in [9.17, 15) is 9.59 Å². The molecule has 2 aromatic rings. The molecule has 1 aliphatic heterocycles. The average Bonchev–Trinajstić information content (AvgIpc) is 2.68. The number of anilines is 1. The smallest absolute Gasteiger partial charge is 0.321 e. The molecule has 0 aromatic heterocycles. The maximum Gasteiger partial charge on any atom is 0.321 e. The Balaban J connectivity index is 1.55. The van der Waals surface area contributed by atoms with Crippen LogP contribution in [0.4, 0.5) is 10.5 Å². The lowest BCUT2D eigenvalue weighted by molar-refractivity contribution is 0.101. The molecule has 1 N–H and O–H groups in total. The van der Waals surface area contributed by atoms with Crippen molar-refractivity contribution in [2.24, 2.45) is 0 Å². The van der Waals surface area contributed by atoms with E-state index in [1.165, 1.54) is 12.5 Å². The predicted molar refractivity (Wildman–Crippen MR) is 103 cm³/mol. The number of rotatable bonds is 4. The van der Waals surface area contributed by atoms with Crippen LogP contribution in [0.1, 0.15) is 35.8 Å². The predicted octanol–water partition coefficient (Wildman–Crippen LogP) is 3.80. The first-order chi connectivity index (χ1) is 12.5. The molecule has 1 atom stereocenters. The SMILES string of the molecule is CC(=O)c1cccc(NC(=O)N2CCN([C@H](C)c3ccccc3)CC2)c1. The van der Waals surface area contributed by atoms with Gasteiger partial charge in [-0.3, -0.25) is 9.69 Å². The lowest BCUT2D eigenvalue weighted by Gasteiger charge is -2.38. The molecule has 0 unspecified atom stereocenters. The lowest BCUT2D eigenvalue weighted by Crippen LogP contribution is -2.50. The van der Waals surface area contributed by atoms with Crippen molar-refractivity contribution in [1.82, 2.24) is 9.80 Å². The van der Waals surface area contributed by atoms with Crippen molar-refractivity contribution < 1.29 is 9.59 Å². The Kier molecular flexibility index (Phi) is 5.68. The third-order valence-corrected chi connectivity index (χ3v) is 4.95. The number of carbonyl (C=O) groups is 2. The van der Waals surface area contributed by atoms with Crippen molar-refractivity contribution in [3.05, 3.63) is 65.7 Å². The fourth-order valence-electron chi connectivity index (χ4n) is 3.27. The largest absolute Gasteiger partial charge is 0.322 e. The normalized spacial score (nSPS) is 16.2. The van der Waals surface area contributed by atoms with Gasteiger partial charge in [0.2, 0.25) is 0 Å². The first-order valence-corrected chi connectivity index (χ1v) is 9.00. The van der Waals surface area contributed by atoms with Gasteiger partial charge in [-0.15, -0.1) is 0 Å². The average molecular weight is 351 g/mol. The topological polar surface area (TPSA) is 52.7 Å². The van der Waals surface area contributed by atoms with E-state index in [1.807, 2.05) is 11.0 Å². The first-order valence-electron chi connectivity index (χ1n) is 9.00. The highest BCUT2D eigenvalue weighted by Crippen LogP contribution is 2.21. The number of nitrogens with zero attached hydrogens (tertiary/aromatic N) is 2. The van der Waals surface area contributed by atoms with Crippen LogP contribution in [-0.2, 0) is 0 Å². The number of urea groups is 1. The summed E-state index contributed by atoms with van der Waals surface area (Å²) >= 11 is 0. The van der Waals surface area contributed by atoms with Gasteiger partial charge in [0.15, 0.2) is 5.78 Å². The molecule has 0 saturated carbocycles. The summed E-state index contributed by atoms with van der Waals surface area (Å²) in [6.45, 7) is 6.80. The van der Waals surface area contributed by atoms with Crippen molar-refractivity contribution >= 4 is 17.5 Å². The maximum atomic E-state index is 12.5. The van der Waals surface area contributed by atoms with Crippen molar-refractivity contribution in [3.63, 3.8) is 0 Å². The minimum Gasteiger partial charge on any atom is -0.322 e. The summed E-state index contributed by atoms with van der Waals surface area (Å²) in [6.07, 6.45) is 0. The number of carbonyl (C=O) groups excluding carboxylic acids is 2. The van der Waals surface area contributed by atoms with Crippen LogP contribution >= 0.6 is 0 Å². The van der Waals surface area contributed by atoms with Gasteiger partial charge >= 0.3 is 6.03 Å². The van der Waals surface area contributed by atoms with Gasteiger partial charge in [0, 0.05) is 43.5 Å². The van der Waals surface area contributed by atoms with Crippen LogP contribution in [0.15, 0.2) is 54.6 Å². The zero-order valence-electron chi connectivity index (χ0n) is 15.3. The summed E-state index contributed by atoms with van der Waals surface area (Å²) < 4.78 is 0. The summed E-state index contributed by atoms with van der Waals surface area (Å²) in [5, 5.41) is 2.90. The van der Waals surface area contributed by atoms with Crippen LogP contribution in [0.2, 0.25) is 0 Å². The molecule has 2 amide bonds. The van der Waals surface area contributed by atoms with E-state index in [-0.39, 0.29) is 11.8 Å². The number of Topliss-reactive ketones (excluding diaryl/α,β-unsaturated/α-hetero) is 1. The van der Waals surface area contributed by atoms with Gasteiger partial charge in [-0.05, 0) is 31.5 Å². The van der Waals surface area contributed by atoms with Crippen LogP contribution in [0.5, 0.6) is 0 Å². The van der Waals surface area contributed by atoms with Crippen molar-refractivity contribution in [1.29, 1.82) is 0 Å². The Bertz CT molecular complexity index is 768. The zero-order valence-corrected chi connectivity index (χ0v) is 15.3. The van der Waals surface area contributed by atoms with Crippen molar-refractivity contribution in [3.8, 4) is 0 Å². The van der Waals surface area contributed by atoms with E-state index in [0.717, 1.165) is 13.1 Å². The Morgan fingerprint density at radius 3 is 2.31 bits per heavy atom. The number of amides is 2. The molecule has 5 nitrogen and oxygen atoms in total. The molecule has 5 heteroatoms. The number of benzene rings is 2. The molecular weight excluding hydrogens is 326 g/mol. The first kappa shape index (κ1) is 18.1. The minimum absolute atomic E-state index is 0.00962. The molecular formula is C21H25N3O2. The van der Waals surface area contributed by atoms with Crippen LogP contribution in [-0.4, -0.2) is 47.8 Å². The maximum absolute atomic E-state index is 12.5. The molecule has 3 rings (SSSR count). The van der Waals surface area contributed by atoms with E-state index < -0.39 is 0 Å². The summed E-state index contributed by atoms with van der Waals surface area (Å²) in [6, 6.07) is 17.7. The molecule has 136 valence electrons. The Hall–Kier alpha value is -2.66. The van der Waals surface area contributed by atoms with Gasteiger partial charge in [-0.2, -0.15) is 0 Å². The van der Waals surface area contributed by atoms with Crippen LogP contribution in [0.3, 0.4) is 0 Å². The van der Waals surface area contributed by atoms with Gasteiger partial charge in [-0.1, -0.05) is 42.5 Å². The second-order valence-electron chi connectivity index (χ2n) is 6.68. The fraction of sp³-hybridized carbons (Fsp3) is 0.333. The highest BCUT2D eigenvalue weighted by molar-refractivity contribution is 5.96. The Morgan fingerprint density at radius 2 is 1.65 bits per heavy atom. The number of piperazine rings is 1. The lowest BCUT2D eigenvalue weighted by atomic mass is 10.1. The highest BCUT2D eigenvalue weighted by Gasteiger charge is 2.24. The molecule has 0 spiro atoms. The van der Waals surface area contributed by atoms with Crippen molar-refractivity contribution in [2.75, 3.05) is 31.5 Å². The number of hydrogen-bond donors (Lipinski definition) is 1. The van der Waals surface area contributed by atoms with E-state index in [4.69, 9.17) is 0 Å². The third kappa shape index (κ3) is 4.29. The van der Waals surface area contributed by atoms with Crippen LogP contribution in [0, 0.1) is 0 Å². The van der Waals surface area contributed by atoms with Gasteiger partial charge in [0.1, 0.15) is 0 Å². The monoisotopic (exact) mass is 351 g/mol. The number of ketones is 1. The van der Waals surface area contributed by atoms with Gasteiger partial charge in [0.25, 0.3) is 0 Å². The summed E-state index contributed by atoms with van der Waals surface area (Å²) in [7, 11) is 0. The number of nitrogens with one attached hydrogen (secondary N) is 1. The molecule has 0 bridgehead atoms. The fourth-order valence-corrected chi connectivity index (χ4v) is 3.27. The molecule has 1 aliphatic rings. The molecule has 0 radical (unpaired) electrons. The summed E-state index contributed by atoms with van der Waals surface area (Å²) in [5.74, 6) is -0.00962. The zero-order chi connectivity index (χ0) is 18.5. The molecule has 1 saturated heterocycles. The van der Waals surface area contributed by atoms with E-state index in [2.05, 4.69) is 41.4 Å². The molecule has 26 heavy (non-hydrogen) atoms. The molecule has 2 aromatic carbocycles. The molecule has 1 fully saturated rings. The highest BCUT2D eigenvalue weighted by atomic mass is 16.2. The van der Waals surface area contributed by atoms with E-state index in [0.29, 0.717) is 30.4 Å². The standard InChI is InChI=1S/C21H25N3O2/c1-16(18-7-4-3-5-8-18)23-11-13-24(14-12-23)21(26)22-20-10-6-9-19(15-20)17(2)25/h3-10,15-16H,11-14H2,1-2H3,(H,22,26)/t16-/m1/s1. The second kappa shape index (κ2) is 8.15. The second-order valence-corrected chi connectivity index (χ2v) is 6.68. The van der Waals surface area contributed by atoms with Crippen molar-refractivity contribution in [2.45, 2.75) is 19.9 Å². The van der Waals surface area contributed by atoms with E-state index in [1.54, 1.807) is 24.3 Å². The minimum atomic E-state index is -0.113. The third-order valence-electron chi connectivity index (χ3n) is 4.95. The van der Waals surface area contributed by atoms with Crippen LogP contribution < -0.4 is 5.32 Å². The Labute approximate surface area is 154 Å². The number of hydrogen-bond acceptors (Lipinski definition) is 3.